The number of nitrogens with zero attached hydrogens (tertiary/aromatic N) is 1. The number of benzene rings is 3. The maximum atomic E-state index is 10.5. The van der Waals surface area contributed by atoms with Crippen LogP contribution in [0.2, 0.25) is 5.02 Å². The molecule has 4 aromatic rings. The molecule has 2 nitrogen and oxygen atoms in total. The van der Waals surface area contributed by atoms with Crippen LogP contribution >= 0.6 is 11.6 Å². The van der Waals surface area contributed by atoms with Crippen molar-refractivity contribution in [3.8, 4) is 0 Å². The molecular formula is C21H14ClNO. The summed E-state index contributed by atoms with van der Waals surface area (Å²) >= 11 is 5.91. The van der Waals surface area contributed by atoms with Crippen molar-refractivity contribution in [3.05, 3.63) is 89.1 Å². The third-order valence-electron chi connectivity index (χ3n) is 4.05. The standard InChI is InChI=1S/C21H14ClNO/c22-15-11-9-14(10-12-15)21(24)13-20-18-7-2-1-5-16(18)17-6-3-4-8-19(17)23-20/h1-13,24H/b21-13-. The van der Waals surface area contributed by atoms with Gasteiger partial charge in [0.25, 0.3) is 0 Å². The first-order valence-electron chi connectivity index (χ1n) is 7.66. The minimum atomic E-state index is 0.166. The minimum absolute atomic E-state index is 0.166. The van der Waals surface area contributed by atoms with Gasteiger partial charge in [-0.1, -0.05) is 54.1 Å². The molecule has 0 fully saturated rings. The van der Waals surface area contributed by atoms with Gasteiger partial charge in [0.05, 0.1) is 11.2 Å². The predicted octanol–water partition coefficient (Wildman–Crippen LogP) is 6.10. The molecule has 24 heavy (non-hydrogen) atoms. The van der Waals surface area contributed by atoms with Gasteiger partial charge in [0.15, 0.2) is 0 Å². The molecule has 0 unspecified atom stereocenters. The summed E-state index contributed by atoms with van der Waals surface area (Å²) in [6.07, 6.45) is 1.71. The number of fused-ring (bicyclic) bond motifs is 3. The van der Waals surface area contributed by atoms with Crippen molar-refractivity contribution in [2.24, 2.45) is 0 Å². The van der Waals surface area contributed by atoms with Crippen LogP contribution < -0.4 is 0 Å². The Hall–Kier alpha value is -2.84. The summed E-state index contributed by atoms with van der Waals surface area (Å²) in [5.74, 6) is 0.166. The number of para-hydroxylation sites is 1. The second-order valence-corrected chi connectivity index (χ2v) is 6.03. The van der Waals surface area contributed by atoms with Gasteiger partial charge in [0, 0.05) is 27.4 Å². The Labute approximate surface area is 144 Å². The van der Waals surface area contributed by atoms with E-state index in [9.17, 15) is 5.11 Å². The Morgan fingerprint density at radius 1 is 0.792 bits per heavy atom. The van der Waals surface area contributed by atoms with Gasteiger partial charge >= 0.3 is 0 Å². The smallest absolute Gasteiger partial charge is 0.124 e. The monoisotopic (exact) mass is 331 g/mol. The van der Waals surface area contributed by atoms with E-state index in [2.05, 4.69) is 12.1 Å². The molecule has 0 spiro atoms. The van der Waals surface area contributed by atoms with E-state index in [0.29, 0.717) is 10.6 Å². The summed E-state index contributed by atoms with van der Waals surface area (Å²) in [4.78, 5) is 4.72. The normalized spacial score (nSPS) is 12.0. The lowest BCUT2D eigenvalue weighted by Crippen LogP contribution is -1.90. The van der Waals surface area contributed by atoms with Crippen molar-refractivity contribution < 1.29 is 5.11 Å². The van der Waals surface area contributed by atoms with Gasteiger partial charge in [0.2, 0.25) is 0 Å². The Kier molecular flexibility index (Phi) is 3.68. The number of halogens is 1. The Morgan fingerprint density at radius 2 is 1.42 bits per heavy atom. The van der Waals surface area contributed by atoms with Gasteiger partial charge in [-0.3, -0.25) is 0 Å². The Balaban J connectivity index is 1.95. The van der Waals surface area contributed by atoms with E-state index < -0.39 is 0 Å². The molecule has 0 radical (unpaired) electrons. The summed E-state index contributed by atoms with van der Waals surface area (Å²) in [6.45, 7) is 0. The minimum Gasteiger partial charge on any atom is -0.507 e. The second kappa shape index (κ2) is 5.99. The highest BCUT2D eigenvalue weighted by Gasteiger charge is 2.08. The first-order chi connectivity index (χ1) is 11.7. The SMILES string of the molecule is O/C(=C\c1nc2ccccc2c2ccccc12)c1ccc(Cl)cc1. The number of rotatable bonds is 2. The molecule has 0 saturated heterocycles. The zero-order chi connectivity index (χ0) is 16.5. The molecule has 3 heteroatoms. The number of aliphatic hydroxyl groups is 1. The summed E-state index contributed by atoms with van der Waals surface area (Å²) in [6, 6.07) is 23.2. The van der Waals surface area contributed by atoms with E-state index in [-0.39, 0.29) is 5.76 Å². The quantitative estimate of drug-likeness (QED) is 0.356. The summed E-state index contributed by atoms with van der Waals surface area (Å²) < 4.78 is 0. The summed E-state index contributed by atoms with van der Waals surface area (Å²) in [5, 5.41) is 14.4. The highest BCUT2D eigenvalue weighted by molar-refractivity contribution is 6.30. The molecule has 0 amide bonds. The fourth-order valence-corrected chi connectivity index (χ4v) is 3.00. The van der Waals surface area contributed by atoms with E-state index in [1.54, 1.807) is 30.3 Å². The first kappa shape index (κ1) is 14.7. The number of aliphatic hydroxyl groups excluding tert-OH is 1. The average molecular weight is 332 g/mol. The fourth-order valence-electron chi connectivity index (χ4n) is 2.87. The molecule has 0 atom stereocenters. The molecule has 0 aliphatic heterocycles. The molecule has 1 N–H and O–H groups in total. The van der Waals surface area contributed by atoms with E-state index in [4.69, 9.17) is 16.6 Å². The van der Waals surface area contributed by atoms with Crippen molar-refractivity contribution in [1.82, 2.24) is 4.98 Å². The molecule has 3 aromatic carbocycles. The zero-order valence-electron chi connectivity index (χ0n) is 12.8. The average Bonchev–Trinajstić information content (AvgIpc) is 2.62. The maximum Gasteiger partial charge on any atom is 0.124 e. The molecule has 0 saturated carbocycles. The van der Waals surface area contributed by atoms with Crippen molar-refractivity contribution in [3.63, 3.8) is 0 Å². The predicted molar refractivity (Wildman–Crippen MR) is 101 cm³/mol. The van der Waals surface area contributed by atoms with Crippen LogP contribution in [0.4, 0.5) is 0 Å². The molecule has 0 aliphatic carbocycles. The van der Waals surface area contributed by atoms with Crippen LogP contribution in [0.1, 0.15) is 11.3 Å². The van der Waals surface area contributed by atoms with E-state index in [0.717, 1.165) is 27.4 Å². The molecule has 0 bridgehead atoms. The van der Waals surface area contributed by atoms with Crippen molar-refractivity contribution in [1.29, 1.82) is 0 Å². The highest BCUT2D eigenvalue weighted by atomic mass is 35.5. The van der Waals surface area contributed by atoms with Crippen LogP contribution in [0.3, 0.4) is 0 Å². The second-order valence-electron chi connectivity index (χ2n) is 5.60. The van der Waals surface area contributed by atoms with Crippen molar-refractivity contribution in [2.45, 2.75) is 0 Å². The lowest BCUT2D eigenvalue weighted by atomic mass is 10.0. The molecule has 1 heterocycles. The van der Waals surface area contributed by atoms with Gasteiger partial charge in [-0.25, -0.2) is 4.98 Å². The Bertz CT molecular complexity index is 1070. The zero-order valence-corrected chi connectivity index (χ0v) is 13.5. The maximum absolute atomic E-state index is 10.5. The lowest BCUT2D eigenvalue weighted by Gasteiger charge is -2.08. The molecule has 4 rings (SSSR count). The van der Waals surface area contributed by atoms with Crippen LogP contribution in [0.25, 0.3) is 33.5 Å². The molecular weight excluding hydrogens is 318 g/mol. The number of hydrogen-bond acceptors (Lipinski definition) is 2. The van der Waals surface area contributed by atoms with Gasteiger partial charge in [-0.15, -0.1) is 0 Å². The third-order valence-corrected chi connectivity index (χ3v) is 4.30. The lowest BCUT2D eigenvalue weighted by molar-refractivity contribution is 0.515. The molecule has 116 valence electrons. The Morgan fingerprint density at radius 3 is 2.17 bits per heavy atom. The van der Waals surface area contributed by atoms with Crippen molar-refractivity contribution in [2.75, 3.05) is 0 Å². The van der Waals surface area contributed by atoms with Gasteiger partial charge in [-0.2, -0.15) is 0 Å². The number of aromatic nitrogens is 1. The number of pyridine rings is 1. The molecule has 0 aliphatic rings. The molecule has 1 aromatic heterocycles. The van der Waals surface area contributed by atoms with Crippen LogP contribution in [0.15, 0.2) is 72.8 Å². The van der Waals surface area contributed by atoms with Crippen LogP contribution in [-0.4, -0.2) is 10.1 Å². The van der Waals surface area contributed by atoms with E-state index in [1.165, 1.54) is 0 Å². The first-order valence-corrected chi connectivity index (χ1v) is 8.04. The third kappa shape index (κ3) is 2.61. The van der Waals surface area contributed by atoms with Crippen LogP contribution in [0, 0.1) is 0 Å². The van der Waals surface area contributed by atoms with Crippen LogP contribution in [-0.2, 0) is 0 Å². The largest absolute Gasteiger partial charge is 0.507 e. The topological polar surface area (TPSA) is 33.1 Å². The van der Waals surface area contributed by atoms with E-state index in [1.807, 2.05) is 36.4 Å². The van der Waals surface area contributed by atoms with Crippen molar-refractivity contribution >= 4 is 45.1 Å². The fraction of sp³-hybridized carbons (Fsp3) is 0. The number of hydrogen-bond donors (Lipinski definition) is 1. The highest BCUT2D eigenvalue weighted by Crippen LogP contribution is 2.28. The summed E-state index contributed by atoms with van der Waals surface area (Å²) in [7, 11) is 0. The summed E-state index contributed by atoms with van der Waals surface area (Å²) in [5.41, 5.74) is 2.36. The van der Waals surface area contributed by atoms with Gasteiger partial charge in [-0.05, 0) is 35.7 Å². The van der Waals surface area contributed by atoms with Crippen LogP contribution in [0.5, 0.6) is 0 Å². The van der Waals surface area contributed by atoms with Gasteiger partial charge in [0.1, 0.15) is 5.76 Å². The van der Waals surface area contributed by atoms with E-state index >= 15 is 0 Å². The van der Waals surface area contributed by atoms with Gasteiger partial charge < -0.3 is 5.11 Å².